The molecule has 0 atom stereocenters. The summed E-state index contributed by atoms with van der Waals surface area (Å²) in [7, 11) is 1.52. The van der Waals surface area contributed by atoms with Gasteiger partial charge in [-0.1, -0.05) is 0 Å². The average Bonchev–Trinajstić information content (AvgIpc) is 2.37. The molecule has 0 spiro atoms. The second-order valence-electron chi connectivity index (χ2n) is 1.47. The predicted octanol–water partition coefficient (Wildman–Crippen LogP) is 1.60. The van der Waals surface area contributed by atoms with Gasteiger partial charge in [0.15, 0.2) is 5.76 Å². The molecule has 0 aromatic carbocycles. The summed E-state index contributed by atoms with van der Waals surface area (Å²) in [4.78, 5) is 0. The van der Waals surface area contributed by atoms with Gasteiger partial charge in [0.2, 0.25) is 5.05 Å². The second-order valence-corrected chi connectivity index (χ2v) is 1.84. The van der Waals surface area contributed by atoms with Gasteiger partial charge in [-0.05, 0) is 24.4 Å². The van der Waals surface area contributed by atoms with Crippen LogP contribution in [0.3, 0.4) is 0 Å². The highest BCUT2D eigenvalue weighted by Gasteiger charge is 2.00. The summed E-state index contributed by atoms with van der Waals surface area (Å²) >= 11 is 4.76. The minimum Gasteiger partial charge on any atom is -0.484 e. The van der Waals surface area contributed by atoms with E-state index in [1.165, 1.54) is 7.11 Å². The maximum atomic E-state index is 4.92. The van der Waals surface area contributed by atoms with E-state index in [0.717, 1.165) is 0 Å². The van der Waals surface area contributed by atoms with Crippen LogP contribution >= 0.6 is 12.2 Å². The van der Waals surface area contributed by atoms with E-state index in [1.807, 2.05) is 0 Å². The summed E-state index contributed by atoms with van der Waals surface area (Å²) < 4.78 is 9.65. The van der Waals surface area contributed by atoms with Crippen molar-refractivity contribution >= 4 is 17.3 Å². The minimum absolute atomic E-state index is 0.389. The molecule has 0 unspecified atom stereocenters. The largest absolute Gasteiger partial charge is 0.484 e. The molecule has 0 saturated carbocycles. The van der Waals surface area contributed by atoms with Crippen molar-refractivity contribution in [2.45, 2.75) is 0 Å². The van der Waals surface area contributed by atoms with E-state index >= 15 is 0 Å². The fourth-order valence-corrected chi connectivity index (χ4v) is 0.611. The Morgan fingerprint density at radius 2 is 2.56 bits per heavy atom. The van der Waals surface area contributed by atoms with Gasteiger partial charge in [-0.15, -0.1) is 0 Å². The third kappa shape index (κ3) is 1.29. The number of hydrogen-bond acceptors (Lipinski definition) is 3. The smallest absolute Gasteiger partial charge is 0.227 e. The average molecular weight is 142 g/mol. The number of furan rings is 1. The molecule has 3 heteroatoms. The molecule has 1 rings (SSSR count). The lowest BCUT2D eigenvalue weighted by Gasteiger charge is -1.93. The zero-order valence-electron chi connectivity index (χ0n) is 4.96. The van der Waals surface area contributed by atoms with E-state index in [9.17, 15) is 0 Å². The Kier molecular flexibility index (Phi) is 1.85. The SMILES string of the molecule is COC(=S)c1ccco1. The Bertz CT molecular complexity index is 191. The van der Waals surface area contributed by atoms with E-state index in [0.29, 0.717) is 10.8 Å². The molecule has 0 amide bonds. The van der Waals surface area contributed by atoms with Crippen LogP contribution in [-0.2, 0) is 4.74 Å². The normalized spacial score (nSPS) is 9.00. The minimum atomic E-state index is 0.389. The van der Waals surface area contributed by atoms with Crippen molar-refractivity contribution in [3.8, 4) is 0 Å². The summed E-state index contributed by atoms with van der Waals surface area (Å²) in [6.45, 7) is 0. The quantitative estimate of drug-likeness (QED) is 0.556. The Morgan fingerprint density at radius 3 is 3.00 bits per heavy atom. The molecule has 0 bridgehead atoms. The van der Waals surface area contributed by atoms with Crippen molar-refractivity contribution in [1.29, 1.82) is 0 Å². The van der Waals surface area contributed by atoms with Gasteiger partial charge in [-0.25, -0.2) is 0 Å². The first kappa shape index (κ1) is 6.29. The molecule has 0 aliphatic rings. The number of thiocarbonyl (C=S) groups is 1. The van der Waals surface area contributed by atoms with Crippen molar-refractivity contribution in [1.82, 2.24) is 0 Å². The zero-order valence-corrected chi connectivity index (χ0v) is 5.77. The summed E-state index contributed by atoms with van der Waals surface area (Å²) in [5.41, 5.74) is 0. The first-order chi connectivity index (χ1) is 4.34. The van der Waals surface area contributed by atoms with Crippen LogP contribution in [0.25, 0.3) is 0 Å². The fraction of sp³-hybridized carbons (Fsp3) is 0.167. The van der Waals surface area contributed by atoms with Gasteiger partial charge < -0.3 is 9.15 Å². The van der Waals surface area contributed by atoms with Gasteiger partial charge in [-0.3, -0.25) is 0 Å². The van der Waals surface area contributed by atoms with E-state index in [-0.39, 0.29) is 0 Å². The Balaban J connectivity index is 2.77. The van der Waals surface area contributed by atoms with E-state index in [1.54, 1.807) is 18.4 Å². The van der Waals surface area contributed by atoms with Crippen LogP contribution in [0.4, 0.5) is 0 Å². The van der Waals surface area contributed by atoms with Crippen LogP contribution in [0, 0.1) is 0 Å². The Hall–Kier alpha value is -0.830. The molecular formula is C6H6O2S. The maximum absolute atomic E-state index is 4.92. The topological polar surface area (TPSA) is 22.4 Å². The lowest BCUT2D eigenvalue weighted by atomic mass is 10.5. The van der Waals surface area contributed by atoms with E-state index < -0.39 is 0 Å². The molecule has 1 aromatic heterocycles. The lowest BCUT2D eigenvalue weighted by Crippen LogP contribution is -1.95. The molecule has 0 saturated heterocycles. The van der Waals surface area contributed by atoms with Gasteiger partial charge in [0.05, 0.1) is 13.4 Å². The highest BCUT2D eigenvalue weighted by atomic mass is 32.1. The second kappa shape index (κ2) is 2.64. The molecule has 0 radical (unpaired) electrons. The van der Waals surface area contributed by atoms with Gasteiger partial charge in [0, 0.05) is 0 Å². The third-order valence-corrected chi connectivity index (χ3v) is 1.28. The van der Waals surface area contributed by atoms with Crippen LogP contribution in [0.15, 0.2) is 22.8 Å². The standard InChI is InChI=1S/C6H6O2S/c1-7-6(9)5-3-2-4-8-5/h2-4H,1H3. The molecule has 1 heterocycles. The van der Waals surface area contributed by atoms with Crippen LogP contribution in [0.2, 0.25) is 0 Å². The van der Waals surface area contributed by atoms with E-state index in [2.05, 4.69) is 0 Å². The number of methoxy groups -OCH3 is 1. The number of ether oxygens (including phenoxy) is 1. The molecule has 2 nitrogen and oxygen atoms in total. The number of rotatable bonds is 1. The van der Waals surface area contributed by atoms with Crippen molar-refractivity contribution in [3.05, 3.63) is 24.2 Å². The van der Waals surface area contributed by atoms with Crippen molar-refractivity contribution in [2.24, 2.45) is 0 Å². The first-order valence-electron chi connectivity index (χ1n) is 2.46. The summed E-state index contributed by atoms with van der Waals surface area (Å²) in [6.07, 6.45) is 1.56. The van der Waals surface area contributed by atoms with Crippen LogP contribution in [0.5, 0.6) is 0 Å². The molecule has 0 N–H and O–H groups in total. The molecule has 0 fully saturated rings. The fourth-order valence-electron chi connectivity index (χ4n) is 0.495. The third-order valence-electron chi connectivity index (χ3n) is 0.908. The van der Waals surface area contributed by atoms with Crippen molar-refractivity contribution < 1.29 is 9.15 Å². The maximum Gasteiger partial charge on any atom is 0.227 e. The molecule has 0 aliphatic heterocycles. The summed E-state index contributed by atoms with van der Waals surface area (Å²) in [5, 5.41) is 0.389. The molecule has 48 valence electrons. The van der Waals surface area contributed by atoms with Gasteiger partial charge in [0.1, 0.15) is 0 Å². The lowest BCUT2D eigenvalue weighted by molar-refractivity contribution is 0.399. The Labute approximate surface area is 58.4 Å². The molecule has 1 aromatic rings. The predicted molar refractivity (Wildman–Crippen MR) is 37.4 cm³/mol. The van der Waals surface area contributed by atoms with Crippen LogP contribution < -0.4 is 0 Å². The van der Waals surface area contributed by atoms with E-state index in [4.69, 9.17) is 21.4 Å². The molecular weight excluding hydrogens is 136 g/mol. The highest BCUT2D eigenvalue weighted by molar-refractivity contribution is 7.80. The van der Waals surface area contributed by atoms with Crippen LogP contribution in [-0.4, -0.2) is 12.2 Å². The zero-order chi connectivity index (χ0) is 6.69. The monoisotopic (exact) mass is 142 g/mol. The van der Waals surface area contributed by atoms with Crippen molar-refractivity contribution in [2.75, 3.05) is 7.11 Å². The van der Waals surface area contributed by atoms with Gasteiger partial charge in [0.25, 0.3) is 0 Å². The molecule has 0 aliphatic carbocycles. The Morgan fingerprint density at radius 1 is 1.78 bits per heavy atom. The summed E-state index contributed by atoms with van der Waals surface area (Å²) in [6, 6.07) is 3.52. The number of hydrogen-bond donors (Lipinski definition) is 0. The molecule has 9 heavy (non-hydrogen) atoms. The highest BCUT2D eigenvalue weighted by Crippen LogP contribution is 2.01. The van der Waals surface area contributed by atoms with Crippen LogP contribution in [0.1, 0.15) is 5.76 Å². The first-order valence-corrected chi connectivity index (χ1v) is 2.87. The van der Waals surface area contributed by atoms with Gasteiger partial charge in [-0.2, -0.15) is 0 Å². The van der Waals surface area contributed by atoms with Gasteiger partial charge >= 0.3 is 0 Å². The van der Waals surface area contributed by atoms with Crippen molar-refractivity contribution in [3.63, 3.8) is 0 Å². The summed E-state index contributed by atoms with van der Waals surface area (Å²) in [5.74, 6) is 0.604.